The van der Waals surface area contributed by atoms with E-state index in [-0.39, 0.29) is 17.4 Å². The molecule has 1 aromatic carbocycles. The molecule has 3 rings (SSSR count). The van der Waals surface area contributed by atoms with E-state index in [1.807, 2.05) is 4.90 Å². The molecular formula is C15H17ClN4O3S. The maximum absolute atomic E-state index is 12.1. The Balaban J connectivity index is 1.57. The van der Waals surface area contributed by atoms with Crippen LogP contribution in [0.25, 0.3) is 0 Å². The second-order valence-electron chi connectivity index (χ2n) is 5.65. The van der Waals surface area contributed by atoms with Crippen LogP contribution in [0.5, 0.6) is 0 Å². The van der Waals surface area contributed by atoms with E-state index in [0.29, 0.717) is 36.2 Å². The quantitative estimate of drug-likeness (QED) is 0.853. The molecule has 0 bridgehead atoms. The van der Waals surface area contributed by atoms with E-state index in [1.165, 1.54) is 0 Å². The molecule has 0 saturated carbocycles. The highest BCUT2D eigenvalue weighted by Crippen LogP contribution is 2.13. The number of rotatable bonds is 4. The minimum Gasteiger partial charge on any atom is -0.327 e. The van der Waals surface area contributed by atoms with Gasteiger partial charge in [-0.2, -0.15) is 0 Å². The third kappa shape index (κ3) is 4.34. The van der Waals surface area contributed by atoms with Crippen LogP contribution in [0.2, 0.25) is 5.02 Å². The van der Waals surface area contributed by atoms with E-state index in [9.17, 15) is 13.2 Å². The van der Waals surface area contributed by atoms with Gasteiger partial charge in [-0.05, 0) is 24.3 Å². The van der Waals surface area contributed by atoms with E-state index >= 15 is 0 Å². The number of nitrogens with zero attached hydrogens (tertiary/aromatic N) is 2. The number of H-pyrrole nitrogens is 1. The Morgan fingerprint density at radius 3 is 2.58 bits per heavy atom. The predicted molar refractivity (Wildman–Crippen MR) is 91.9 cm³/mol. The van der Waals surface area contributed by atoms with Gasteiger partial charge in [0.25, 0.3) is 5.91 Å². The number of sulfone groups is 1. The zero-order chi connectivity index (χ0) is 17.2. The predicted octanol–water partition coefficient (Wildman–Crippen LogP) is 1.55. The largest absolute Gasteiger partial charge is 0.327 e. The molecule has 1 aliphatic rings. The lowest BCUT2D eigenvalue weighted by atomic mass is 10.2. The summed E-state index contributed by atoms with van der Waals surface area (Å²) in [7, 11) is -2.89. The van der Waals surface area contributed by atoms with Gasteiger partial charge in [-0.3, -0.25) is 15.0 Å². The molecule has 24 heavy (non-hydrogen) atoms. The van der Waals surface area contributed by atoms with Gasteiger partial charge in [-0.1, -0.05) is 11.6 Å². The summed E-state index contributed by atoms with van der Waals surface area (Å²) in [6, 6.07) is 6.56. The molecule has 1 fully saturated rings. The van der Waals surface area contributed by atoms with Gasteiger partial charge in [-0.25, -0.2) is 13.4 Å². The van der Waals surface area contributed by atoms with Crippen molar-refractivity contribution in [3.63, 3.8) is 0 Å². The smallest absolute Gasteiger partial charge is 0.257 e. The van der Waals surface area contributed by atoms with Crippen molar-refractivity contribution in [2.24, 2.45) is 0 Å². The molecule has 0 atom stereocenters. The number of halogens is 1. The van der Waals surface area contributed by atoms with Gasteiger partial charge in [0, 0.05) is 30.2 Å². The zero-order valence-corrected chi connectivity index (χ0v) is 14.4. The summed E-state index contributed by atoms with van der Waals surface area (Å²) in [4.78, 5) is 21.3. The summed E-state index contributed by atoms with van der Waals surface area (Å²) in [6.07, 6.45) is 1.64. The van der Waals surface area contributed by atoms with Crippen molar-refractivity contribution < 1.29 is 13.2 Å². The standard InChI is InChI=1S/C15H17ClN4O3S/c16-12-3-1-11(2-4-12)14(21)19-15-17-9-13(18-15)10-20-5-7-24(22,23)8-6-20/h1-4,9H,5-8,10H2,(H2,17,18,19,21). The highest BCUT2D eigenvalue weighted by molar-refractivity contribution is 7.91. The number of aromatic nitrogens is 2. The highest BCUT2D eigenvalue weighted by atomic mass is 35.5. The Hall–Kier alpha value is -1.90. The first kappa shape index (κ1) is 16.9. The second-order valence-corrected chi connectivity index (χ2v) is 8.39. The van der Waals surface area contributed by atoms with Crippen molar-refractivity contribution in [3.05, 3.63) is 46.7 Å². The van der Waals surface area contributed by atoms with Crippen molar-refractivity contribution in [2.45, 2.75) is 6.54 Å². The van der Waals surface area contributed by atoms with Crippen LogP contribution < -0.4 is 5.32 Å². The number of anilines is 1. The number of carbonyl (C=O) groups is 1. The maximum atomic E-state index is 12.1. The Morgan fingerprint density at radius 2 is 1.92 bits per heavy atom. The fourth-order valence-corrected chi connectivity index (χ4v) is 3.84. The van der Waals surface area contributed by atoms with Gasteiger partial charge >= 0.3 is 0 Å². The molecule has 128 valence electrons. The molecule has 1 aromatic heterocycles. The fraction of sp³-hybridized carbons (Fsp3) is 0.333. The van der Waals surface area contributed by atoms with Gasteiger partial charge in [-0.15, -0.1) is 0 Å². The second kappa shape index (κ2) is 6.92. The third-order valence-corrected chi connectivity index (χ3v) is 5.66. The van der Waals surface area contributed by atoms with Crippen LogP contribution in [-0.4, -0.2) is 53.8 Å². The van der Waals surface area contributed by atoms with Crippen molar-refractivity contribution >= 4 is 33.3 Å². The van der Waals surface area contributed by atoms with Crippen molar-refractivity contribution in [2.75, 3.05) is 29.9 Å². The summed E-state index contributed by atoms with van der Waals surface area (Å²) in [5, 5.41) is 3.25. The SMILES string of the molecule is O=C(Nc1ncc(CN2CCS(=O)(=O)CC2)[nH]1)c1ccc(Cl)cc1. The maximum Gasteiger partial charge on any atom is 0.257 e. The normalized spacial score (nSPS) is 17.5. The van der Waals surface area contributed by atoms with Crippen LogP contribution >= 0.6 is 11.6 Å². The van der Waals surface area contributed by atoms with Crippen molar-refractivity contribution in [3.8, 4) is 0 Å². The molecule has 1 saturated heterocycles. The molecule has 7 nitrogen and oxygen atoms in total. The van der Waals surface area contributed by atoms with E-state index in [0.717, 1.165) is 5.69 Å². The number of hydrogen-bond acceptors (Lipinski definition) is 5. The van der Waals surface area contributed by atoms with Crippen LogP contribution in [0.3, 0.4) is 0 Å². The lowest BCUT2D eigenvalue weighted by Gasteiger charge is -2.25. The van der Waals surface area contributed by atoms with Gasteiger partial charge in [0.1, 0.15) is 0 Å². The zero-order valence-electron chi connectivity index (χ0n) is 12.8. The monoisotopic (exact) mass is 368 g/mol. The summed E-state index contributed by atoms with van der Waals surface area (Å²) in [6.45, 7) is 1.58. The lowest BCUT2D eigenvalue weighted by molar-refractivity contribution is 0.102. The number of amides is 1. The molecule has 1 aliphatic heterocycles. The number of aromatic amines is 1. The molecule has 0 aliphatic carbocycles. The van der Waals surface area contributed by atoms with Crippen molar-refractivity contribution in [1.82, 2.24) is 14.9 Å². The molecule has 0 radical (unpaired) electrons. The number of imidazole rings is 1. The van der Waals surface area contributed by atoms with Gasteiger partial charge in [0.05, 0.1) is 23.4 Å². The number of nitrogens with one attached hydrogen (secondary N) is 2. The van der Waals surface area contributed by atoms with Crippen LogP contribution in [0, 0.1) is 0 Å². The topological polar surface area (TPSA) is 95.2 Å². The van der Waals surface area contributed by atoms with E-state index in [4.69, 9.17) is 11.6 Å². The molecule has 1 amide bonds. The molecule has 2 heterocycles. The lowest BCUT2D eigenvalue weighted by Crippen LogP contribution is -2.39. The van der Waals surface area contributed by atoms with Crippen LogP contribution in [0.15, 0.2) is 30.5 Å². The van der Waals surface area contributed by atoms with Crippen molar-refractivity contribution in [1.29, 1.82) is 0 Å². The van der Waals surface area contributed by atoms with E-state index in [2.05, 4.69) is 15.3 Å². The molecule has 2 N–H and O–H groups in total. The van der Waals surface area contributed by atoms with E-state index < -0.39 is 9.84 Å². The summed E-state index contributed by atoms with van der Waals surface area (Å²) >= 11 is 5.80. The molecule has 9 heteroatoms. The van der Waals surface area contributed by atoms with Crippen LogP contribution in [0.1, 0.15) is 16.1 Å². The summed E-state index contributed by atoms with van der Waals surface area (Å²) in [5.41, 5.74) is 1.30. The Morgan fingerprint density at radius 1 is 1.25 bits per heavy atom. The van der Waals surface area contributed by atoms with Gasteiger partial charge < -0.3 is 4.98 Å². The summed E-state index contributed by atoms with van der Waals surface area (Å²) in [5.74, 6) is 0.439. The Bertz CT molecular complexity index is 819. The van der Waals surface area contributed by atoms with E-state index in [1.54, 1.807) is 30.5 Å². The van der Waals surface area contributed by atoms with Gasteiger partial charge in [0.2, 0.25) is 5.95 Å². The third-order valence-electron chi connectivity index (χ3n) is 3.80. The molecule has 2 aromatic rings. The number of carbonyl (C=O) groups excluding carboxylic acids is 1. The van der Waals surface area contributed by atoms with Crippen LogP contribution in [0.4, 0.5) is 5.95 Å². The summed E-state index contributed by atoms with van der Waals surface area (Å²) < 4.78 is 22.9. The molecule has 0 unspecified atom stereocenters. The average Bonchev–Trinajstić information content (AvgIpc) is 2.97. The molecule has 0 spiro atoms. The highest BCUT2D eigenvalue weighted by Gasteiger charge is 2.22. The Kier molecular flexibility index (Phi) is 4.88. The Labute approximate surface area is 145 Å². The number of hydrogen-bond donors (Lipinski definition) is 2. The van der Waals surface area contributed by atoms with Gasteiger partial charge in [0.15, 0.2) is 9.84 Å². The first-order valence-corrected chi connectivity index (χ1v) is 9.65. The number of benzene rings is 1. The first-order valence-electron chi connectivity index (χ1n) is 7.45. The fourth-order valence-electron chi connectivity index (χ4n) is 2.43. The minimum absolute atomic E-state index is 0.182. The molecular weight excluding hydrogens is 352 g/mol. The average molecular weight is 369 g/mol. The first-order chi connectivity index (χ1) is 11.4. The van der Waals surface area contributed by atoms with Crippen LogP contribution in [-0.2, 0) is 16.4 Å². The minimum atomic E-state index is -2.89.